The van der Waals surface area contributed by atoms with Gasteiger partial charge in [-0.25, -0.2) is 4.79 Å². The molecule has 1 heterocycles. The number of ether oxygens (including phenoxy) is 1. The summed E-state index contributed by atoms with van der Waals surface area (Å²) in [6, 6.07) is 6.59. The van der Waals surface area contributed by atoms with Gasteiger partial charge in [-0.1, -0.05) is 19.3 Å². The zero-order valence-corrected chi connectivity index (χ0v) is 14.3. The minimum Gasteiger partial charge on any atom is -0.497 e. The van der Waals surface area contributed by atoms with E-state index in [0.717, 1.165) is 19.3 Å². The van der Waals surface area contributed by atoms with Crippen LogP contribution in [0.1, 0.15) is 38.5 Å². The number of hydrogen-bond donors (Lipinski definition) is 2. The van der Waals surface area contributed by atoms with Gasteiger partial charge in [0.2, 0.25) is 5.91 Å². The maximum Gasteiger partial charge on any atom is 0.325 e. The fourth-order valence-corrected chi connectivity index (χ4v) is 3.48. The summed E-state index contributed by atoms with van der Waals surface area (Å²) in [5, 5.41) is 5.60. The van der Waals surface area contributed by atoms with Crippen molar-refractivity contribution in [3.05, 3.63) is 24.3 Å². The predicted molar refractivity (Wildman–Crippen MR) is 92.3 cm³/mol. The lowest BCUT2D eigenvalue weighted by Crippen LogP contribution is -2.48. The van der Waals surface area contributed by atoms with Crippen LogP contribution >= 0.6 is 0 Å². The van der Waals surface area contributed by atoms with Gasteiger partial charge >= 0.3 is 6.03 Å². The van der Waals surface area contributed by atoms with Crippen LogP contribution in [0.15, 0.2) is 24.3 Å². The number of amides is 4. The Labute approximate surface area is 146 Å². The molecule has 2 N–H and O–H groups in total. The summed E-state index contributed by atoms with van der Waals surface area (Å²) < 4.78 is 5.07. The molecule has 0 unspecified atom stereocenters. The molecule has 1 aliphatic heterocycles. The molecule has 2 fully saturated rings. The summed E-state index contributed by atoms with van der Waals surface area (Å²) in [5.74, 6) is 0.278. The van der Waals surface area contributed by atoms with Crippen LogP contribution in [0.25, 0.3) is 0 Å². The third-order valence-corrected chi connectivity index (χ3v) is 4.89. The van der Waals surface area contributed by atoms with E-state index in [4.69, 9.17) is 4.74 Å². The lowest BCUT2D eigenvalue weighted by molar-refractivity contribution is -0.132. The number of urea groups is 1. The van der Waals surface area contributed by atoms with Crippen LogP contribution in [0.4, 0.5) is 10.5 Å². The van der Waals surface area contributed by atoms with Crippen molar-refractivity contribution < 1.29 is 19.1 Å². The zero-order chi connectivity index (χ0) is 17.9. The van der Waals surface area contributed by atoms with Crippen molar-refractivity contribution in [3.8, 4) is 5.75 Å². The Hall–Kier alpha value is -2.57. The summed E-state index contributed by atoms with van der Waals surface area (Å²) in [6.45, 7) is 0.0917. The lowest BCUT2D eigenvalue weighted by Gasteiger charge is -2.30. The van der Waals surface area contributed by atoms with E-state index in [9.17, 15) is 14.4 Å². The maximum atomic E-state index is 12.6. The van der Waals surface area contributed by atoms with Gasteiger partial charge in [-0.3, -0.25) is 14.5 Å². The van der Waals surface area contributed by atoms with Gasteiger partial charge in [-0.05, 0) is 37.1 Å². The largest absolute Gasteiger partial charge is 0.497 e. The molecule has 0 bridgehead atoms. The number of carbonyl (C=O) groups excluding carboxylic acids is 3. The second-order valence-electron chi connectivity index (χ2n) is 6.56. The molecular formula is C18H23N3O4. The molecule has 1 aromatic rings. The number of nitrogens with zero attached hydrogens (tertiary/aromatic N) is 1. The van der Waals surface area contributed by atoms with E-state index in [1.807, 2.05) is 0 Å². The summed E-state index contributed by atoms with van der Waals surface area (Å²) in [4.78, 5) is 38.1. The van der Waals surface area contributed by atoms with Gasteiger partial charge in [0.1, 0.15) is 11.3 Å². The van der Waals surface area contributed by atoms with Crippen LogP contribution in [0.2, 0.25) is 0 Å². The summed E-state index contributed by atoms with van der Waals surface area (Å²) in [5.41, 5.74) is -0.0892. The topological polar surface area (TPSA) is 87.7 Å². The van der Waals surface area contributed by atoms with Crippen LogP contribution in [-0.4, -0.2) is 41.9 Å². The number of carbonyl (C=O) groups is 3. The van der Waals surface area contributed by atoms with Gasteiger partial charge in [0.05, 0.1) is 7.11 Å². The Balaban J connectivity index is 1.54. The van der Waals surface area contributed by atoms with E-state index in [-0.39, 0.29) is 30.8 Å². The third-order valence-electron chi connectivity index (χ3n) is 4.89. The van der Waals surface area contributed by atoms with Gasteiger partial charge in [-0.2, -0.15) is 0 Å². The van der Waals surface area contributed by atoms with E-state index in [1.165, 1.54) is 4.90 Å². The van der Waals surface area contributed by atoms with Crippen molar-refractivity contribution in [2.45, 2.75) is 44.1 Å². The van der Waals surface area contributed by atoms with Crippen molar-refractivity contribution in [3.63, 3.8) is 0 Å². The summed E-state index contributed by atoms with van der Waals surface area (Å²) >= 11 is 0. The first-order chi connectivity index (χ1) is 12.0. The maximum absolute atomic E-state index is 12.6. The third kappa shape index (κ3) is 3.60. The molecule has 4 amide bonds. The highest BCUT2D eigenvalue weighted by Gasteiger charge is 2.50. The van der Waals surface area contributed by atoms with Gasteiger partial charge in [0.25, 0.3) is 5.91 Å². The molecule has 25 heavy (non-hydrogen) atoms. The average molecular weight is 345 g/mol. The number of anilines is 1. The molecule has 134 valence electrons. The standard InChI is InChI=1S/C18H23N3O4/c1-25-14-7-5-13(6-8-14)19-15(22)9-12-21-16(23)18(20-17(21)24)10-3-2-4-11-18/h5-8H,2-4,9-12H2,1H3,(H,19,22)(H,20,24). The molecule has 1 aliphatic carbocycles. The molecule has 7 heteroatoms. The van der Waals surface area contributed by atoms with Crippen molar-refractivity contribution in [2.75, 3.05) is 19.0 Å². The Morgan fingerprint density at radius 3 is 2.52 bits per heavy atom. The number of hydrogen-bond acceptors (Lipinski definition) is 4. The van der Waals surface area contributed by atoms with Gasteiger partial charge in [-0.15, -0.1) is 0 Å². The Morgan fingerprint density at radius 2 is 1.88 bits per heavy atom. The Kier molecular flexibility index (Phi) is 4.92. The highest BCUT2D eigenvalue weighted by molar-refractivity contribution is 6.07. The van der Waals surface area contributed by atoms with Crippen molar-refractivity contribution >= 4 is 23.5 Å². The van der Waals surface area contributed by atoms with Crippen LogP contribution < -0.4 is 15.4 Å². The molecule has 1 aromatic carbocycles. The number of nitrogens with one attached hydrogen (secondary N) is 2. The zero-order valence-electron chi connectivity index (χ0n) is 14.3. The van der Waals surface area contributed by atoms with E-state index < -0.39 is 5.54 Å². The molecule has 7 nitrogen and oxygen atoms in total. The van der Waals surface area contributed by atoms with Crippen LogP contribution in [0, 0.1) is 0 Å². The second-order valence-corrected chi connectivity index (χ2v) is 6.56. The van der Waals surface area contributed by atoms with E-state index in [2.05, 4.69) is 10.6 Å². The highest BCUT2D eigenvalue weighted by Crippen LogP contribution is 2.33. The average Bonchev–Trinajstić information content (AvgIpc) is 2.84. The monoisotopic (exact) mass is 345 g/mol. The van der Waals surface area contributed by atoms with E-state index >= 15 is 0 Å². The van der Waals surface area contributed by atoms with Gasteiger partial charge < -0.3 is 15.4 Å². The quantitative estimate of drug-likeness (QED) is 0.802. The normalized spacial score (nSPS) is 19.0. The lowest BCUT2D eigenvalue weighted by atomic mass is 9.82. The second kappa shape index (κ2) is 7.13. The van der Waals surface area contributed by atoms with Gasteiger partial charge in [0.15, 0.2) is 0 Å². The smallest absolute Gasteiger partial charge is 0.325 e. The number of methoxy groups -OCH3 is 1. The highest BCUT2D eigenvalue weighted by atomic mass is 16.5. The van der Waals surface area contributed by atoms with Crippen LogP contribution in [0.3, 0.4) is 0 Å². The molecule has 1 saturated heterocycles. The first-order valence-corrected chi connectivity index (χ1v) is 8.62. The molecule has 1 saturated carbocycles. The predicted octanol–water partition coefficient (Wildman–Crippen LogP) is 2.28. The fourth-order valence-electron chi connectivity index (χ4n) is 3.48. The van der Waals surface area contributed by atoms with Crippen LogP contribution in [0.5, 0.6) is 5.75 Å². The Morgan fingerprint density at radius 1 is 1.20 bits per heavy atom. The van der Waals surface area contributed by atoms with E-state index in [0.29, 0.717) is 24.3 Å². The molecule has 1 spiro atoms. The summed E-state index contributed by atoms with van der Waals surface area (Å²) in [7, 11) is 1.57. The molecule has 2 aliphatic rings. The fraction of sp³-hybridized carbons (Fsp3) is 0.500. The van der Waals surface area contributed by atoms with E-state index in [1.54, 1.807) is 31.4 Å². The first kappa shape index (κ1) is 17.3. The molecule has 0 radical (unpaired) electrons. The van der Waals surface area contributed by atoms with Crippen LogP contribution in [-0.2, 0) is 9.59 Å². The molecule has 3 rings (SSSR count). The van der Waals surface area contributed by atoms with Crippen molar-refractivity contribution in [2.24, 2.45) is 0 Å². The number of rotatable bonds is 5. The SMILES string of the molecule is COc1ccc(NC(=O)CCN2C(=O)NC3(CCCCC3)C2=O)cc1. The molecular weight excluding hydrogens is 322 g/mol. The molecule has 0 aromatic heterocycles. The minimum absolute atomic E-state index is 0.0707. The number of benzene rings is 1. The molecule has 0 atom stereocenters. The van der Waals surface area contributed by atoms with Crippen molar-refractivity contribution in [1.29, 1.82) is 0 Å². The summed E-state index contributed by atoms with van der Waals surface area (Å²) in [6.07, 6.45) is 4.42. The first-order valence-electron chi connectivity index (χ1n) is 8.62. The van der Waals surface area contributed by atoms with Crippen molar-refractivity contribution in [1.82, 2.24) is 10.2 Å². The Bertz CT molecular complexity index is 665. The minimum atomic E-state index is -0.734. The number of imide groups is 1. The van der Waals surface area contributed by atoms with Gasteiger partial charge in [0, 0.05) is 18.7 Å².